The van der Waals surface area contributed by atoms with Crippen LogP contribution in [0.3, 0.4) is 0 Å². The maximum absolute atomic E-state index is 10.1. The van der Waals surface area contributed by atoms with Crippen molar-refractivity contribution < 1.29 is 19.3 Å². The van der Waals surface area contributed by atoms with E-state index in [1.54, 1.807) is 14.2 Å². The molecule has 0 spiro atoms. The zero-order valence-electron chi connectivity index (χ0n) is 14.5. The van der Waals surface area contributed by atoms with Gasteiger partial charge in [0.2, 0.25) is 0 Å². The molecule has 1 aromatic rings. The van der Waals surface area contributed by atoms with Crippen LogP contribution in [0.5, 0.6) is 11.5 Å². The Hall–Kier alpha value is -1.30. The minimum absolute atomic E-state index is 0.346. The van der Waals surface area contributed by atoms with Gasteiger partial charge in [-0.2, -0.15) is 0 Å². The van der Waals surface area contributed by atoms with Gasteiger partial charge in [-0.15, -0.1) is 0 Å². The van der Waals surface area contributed by atoms with Gasteiger partial charge in [0.15, 0.2) is 11.5 Å². The highest BCUT2D eigenvalue weighted by Crippen LogP contribution is 2.27. The van der Waals surface area contributed by atoms with Crippen LogP contribution in [0.25, 0.3) is 0 Å². The van der Waals surface area contributed by atoms with Crippen LogP contribution in [0, 0.1) is 5.92 Å². The van der Waals surface area contributed by atoms with Crippen LogP contribution in [0.2, 0.25) is 0 Å². The summed E-state index contributed by atoms with van der Waals surface area (Å²) in [4.78, 5) is 2.33. The molecule has 0 bridgehead atoms. The highest BCUT2D eigenvalue weighted by molar-refractivity contribution is 5.42. The number of aliphatic hydroxyl groups excluding tert-OH is 1. The molecular weight excluding hydrogens is 294 g/mol. The average Bonchev–Trinajstić information content (AvgIpc) is 2.54. The van der Waals surface area contributed by atoms with Gasteiger partial charge >= 0.3 is 0 Å². The van der Waals surface area contributed by atoms with Crippen molar-refractivity contribution in [1.82, 2.24) is 4.90 Å². The summed E-state index contributed by atoms with van der Waals surface area (Å²) in [6, 6.07) is 5.71. The number of hydrogen-bond acceptors (Lipinski definition) is 5. The molecule has 1 aromatic carbocycles. The van der Waals surface area contributed by atoms with Gasteiger partial charge < -0.3 is 24.2 Å². The number of nitrogens with zero attached hydrogens (tertiary/aromatic N) is 1. The summed E-state index contributed by atoms with van der Waals surface area (Å²) in [5.41, 5.74) is 1.00. The predicted molar refractivity (Wildman–Crippen MR) is 90.0 cm³/mol. The lowest BCUT2D eigenvalue weighted by atomic mass is 10.0. The fraction of sp³-hybridized carbons (Fsp3) is 0.667. The molecule has 0 aromatic heterocycles. The first-order valence-corrected chi connectivity index (χ1v) is 8.31. The molecule has 0 aliphatic carbocycles. The van der Waals surface area contributed by atoms with E-state index in [0.717, 1.165) is 24.6 Å². The van der Waals surface area contributed by atoms with Gasteiger partial charge in [0.25, 0.3) is 0 Å². The molecule has 0 unspecified atom stereocenters. The van der Waals surface area contributed by atoms with Crippen LogP contribution in [0.15, 0.2) is 18.2 Å². The Morgan fingerprint density at radius 1 is 1.26 bits per heavy atom. The van der Waals surface area contributed by atoms with Gasteiger partial charge in [0.05, 0.1) is 33.5 Å². The molecule has 2 rings (SSSR count). The van der Waals surface area contributed by atoms with Gasteiger partial charge in [0, 0.05) is 13.1 Å². The van der Waals surface area contributed by atoms with Crippen LogP contribution in [0.1, 0.15) is 25.3 Å². The van der Waals surface area contributed by atoms with E-state index < -0.39 is 6.10 Å². The lowest BCUT2D eigenvalue weighted by Crippen LogP contribution is -2.40. The highest BCUT2D eigenvalue weighted by atomic mass is 16.5. The summed E-state index contributed by atoms with van der Waals surface area (Å²) in [5.74, 6) is 2.12. The van der Waals surface area contributed by atoms with E-state index in [1.165, 1.54) is 12.8 Å². The third-order valence-corrected chi connectivity index (χ3v) is 4.24. The van der Waals surface area contributed by atoms with Crippen molar-refractivity contribution in [2.24, 2.45) is 5.92 Å². The normalized spacial score (nSPS) is 20.3. The number of likely N-dealkylation sites (tertiary alicyclic amines) is 1. The van der Waals surface area contributed by atoms with Gasteiger partial charge in [-0.3, -0.25) is 0 Å². The second-order valence-corrected chi connectivity index (χ2v) is 6.37. The van der Waals surface area contributed by atoms with Crippen molar-refractivity contribution in [3.63, 3.8) is 0 Å². The first-order valence-electron chi connectivity index (χ1n) is 8.31. The maximum Gasteiger partial charge on any atom is 0.161 e. The fourth-order valence-corrected chi connectivity index (χ4v) is 3.09. The van der Waals surface area contributed by atoms with Gasteiger partial charge in [-0.05, 0) is 43.0 Å². The first kappa shape index (κ1) is 18.0. The summed E-state index contributed by atoms with van der Waals surface area (Å²) >= 11 is 0. The monoisotopic (exact) mass is 323 g/mol. The second kappa shape index (κ2) is 9.11. The molecule has 23 heavy (non-hydrogen) atoms. The standard InChI is InChI=1S/C18H29NO4/c1-14-5-4-8-19(10-14)11-16(20)13-23-12-15-6-7-17(21-2)18(9-15)22-3/h6-7,9,14,16,20H,4-5,8,10-13H2,1-3H3/t14-,16+/m1/s1. The van der Waals surface area contributed by atoms with Crippen molar-refractivity contribution >= 4 is 0 Å². The van der Waals surface area contributed by atoms with Crippen molar-refractivity contribution in [3.05, 3.63) is 23.8 Å². The maximum atomic E-state index is 10.1. The topological polar surface area (TPSA) is 51.2 Å². The molecule has 5 heteroatoms. The highest BCUT2D eigenvalue weighted by Gasteiger charge is 2.18. The van der Waals surface area contributed by atoms with Gasteiger partial charge in [-0.1, -0.05) is 13.0 Å². The number of methoxy groups -OCH3 is 2. The average molecular weight is 323 g/mol. The summed E-state index contributed by atoms with van der Waals surface area (Å²) in [6.07, 6.45) is 2.07. The Kier molecular flexibility index (Phi) is 7.15. The number of hydrogen-bond donors (Lipinski definition) is 1. The minimum Gasteiger partial charge on any atom is -0.493 e. The Labute approximate surface area is 139 Å². The Morgan fingerprint density at radius 3 is 2.74 bits per heavy atom. The molecule has 1 saturated heterocycles. The molecule has 1 aliphatic heterocycles. The molecule has 1 heterocycles. The minimum atomic E-state index is -0.444. The number of piperidine rings is 1. The van der Waals surface area contributed by atoms with Crippen LogP contribution in [-0.2, 0) is 11.3 Å². The number of β-amino-alcohol motifs (C(OH)–C–C–N with tert-alkyl or cyclic N) is 1. The van der Waals surface area contributed by atoms with Crippen molar-refractivity contribution in [2.45, 2.75) is 32.5 Å². The van der Waals surface area contributed by atoms with Crippen LogP contribution in [0.4, 0.5) is 0 Å². The molecule has 0 radical (unpaired) electrons. The Balaban J connectivity index is 1.73. The predicted octanol–water partition coefficient (Wildman–Crippen LogP) is 2.31. The van der Waals surface area contributed by atoms with Crippen LogP contribution >= 0.6 is 0 Å². The molecule has 1 fully saturated rings. The SMILES string of the molecule is COc1ccc(COC[C@@H](O)CN2CCC[C@@H](C)C2)cc1OC. The summed E-state index contributed by atoms with van der Waals surface area (Å²) < 4.78 is 16.1. The summed E-state index contributed by atoms with van der Waals surface area (Å²) in [5, 5.41) is 10.1. The van der Waals surface area contributed by atoms with Crippen LogP contribution in [-0.4, -0.2) is 56.6 Å². The van der Waals surface area contributed by atoms with Crippen LogP contribution < -0.4 is 9.47 Å². The van der Waals surface area contributed by atoms with Crippen molar-refractivity contribution in [1.29, 1.82) is 0 Å². The second-order valence-electron chi connectivity index (χ2n) is 6.37. The molecule has 0 amide bonds. The number of rotatable bonds is 8. The van der Waals surface area contributed by atoms with E-state index in [-0.39, 0.29) is 0 Å². The van der Waals surface area contributed by atoms with Crippen molar-refractivity contribution in [2.75, 3.05) is 40.5 Å². The van der Waals surface area contributed by atoms with E-state index in [0.29, 0.717) is 31.3 Å². The number of aliphatic hydroxyl groups is 1. The van der Waals surface area contributed by atoms with E-state index in [9.17, 15) is 5.11 Å². The van der Waals surface area contributed by atoms with E-state index in [2.05, 4.69) is 11.8 Å². The molecule has 5 nitrogen and oxygen atoms in total. The third-order valence-electron chi connectivity index (χ3n) is 4.24. The Bertz CT molecular complexity index is 480. The molecule has 2 atom stereocenters. The summed E-state index contributed by atoms with van der Waals surface area (Å²) in [6.45, 7) is 5.92. The lowest BCUT2D eigenvalue weighted by Gasteiger charge is -2.32. The smallest absolute Gasteiger partial charge is 0.161 e. The first-order chi connectivity index (χ1) is 11.1. The quantitative estimate of drug-likeness (QED) is 0.796. The van der Waals surface area contributed by atoms with E-state index in [4.69, 9.17) is 14.2 Å². The fourth-order valence-electron chi connectivity index (χ4n) is 3.09. The molecule has 0 saturated carbocycles. The van der Waals surface area contributed by atoms with E-state index in [1.807, 2.05) is 18.2 Å². The number of ether oxygens (including phenoxy) is 3. The van der Waals surface area contributed by atoms with E-state index >= 15 is 0 Å². The van der Waals surface area contributed by atoms with Gasteiger partial charge in [0.1, 0.15) is 0 Å². The van der Waals surface area contributed by atoms with Crippen molar-refractivity contribution in [3.8, 4) is 11.5 Å². The molecule has 1 N–H and O–H groups in total. The molecule has 130 valence electrons. The molecule has 1 aliphatic rings. The zero-order chi connectivity index (χ0) is 16.7. The van der Waals surface area contributed by atoms with Gasteiger partial charge in [-0.25, -0.2) is 0 Å². The molecular formula is C18H29NO4. The number of benzene rings is 1. The lowest BCUT2D eigenvalue weighted by molar-refractivity contribution is 0.00373. The summed E-state index contributed by atoms with van der Waals surface area (Å²) in [7, 11) is 3.23. The largest absolute Gasteiger partial charge is 0.493 e. The third kappa shape index (κ3) is 5.68. The Morgan fingerprint density at radius 2 is 2.04 bits per heavy atom. The zero-order valence-corrected chi connectivity index (χ0v) is 14.5.